The molecular formula is C23H29NO5. The molecule has 6 nitrogen and oxygen atoms in total. The van der Waals surface area contributed by atoms with Gasteiger partial charge in [0, 0.05) is 13.1 Å². The van der Waals surface area contributed by atoms with Crippen LogP contribution in [0, 0.1) is 13.8 Å². The Bertz CT molecular complexity index is 862. The van der Waals surface area contributed by atoms with Crippen molar-refractivity contribution in [3.05, 3.63) is 58.7 Å². The van der Waals surface area contributed by atoms with Crippen LogP contribution in [0.4, 0.5) is 0 Å². The fourth-order valence-electron chi connectivity index (χ4n) is 2.93. The van der Waals surface area contributed by atoms with Gasteiger partial charge < -0.3 is 19.1 Å². The molecule has 2 aromatic rings. The maximum Gasteiger partial charge on any atom is 0.338 e. The number of benzene rings is 2. The largest absolute Gasteiger partial charge is 0.493 e. The second-order valence-electron chi connectivity index (χ2n) is 6.72. The zero-order valence-electron chi connectivity index (χ0n) is 17.8. The van der Waals surface area contributed by atoms with Crippen molar-refractivity contribution in [3.63, 3.8) is 0 Å². The number of likely N-dealkylation sites (N-methyl/N-ethyl adjacent to an activating group) is 1. The lowest BCUT2D eigenvalue weighted by Gasteiger charge is -2.21. The van der Waals surface area contributed by atoms with Gasteiger partial charge in [-0.05, 0) is 57.0 Å². The third-order valence-electron chi connectivity index (χ3n) is 4.58. The lowest BCUT2D eigenvalue weighted by Crippen LogP contribution is -2.34. The Morgan fingerprint density at radius 1 is 1.00 bits per heavy atom. The topological polar surface area (TPSA) is 65.1 Å². The summed E-state index contributed by atoms with van der Waals surface area (Å²) in [4.78, 5) is 26.6. The first-order valence-electron chi connectivity index (χ1n) is 9.71. The number of nitrogens with zero attached hydrogens (tertiary/aromatic N) is 1. The van der Waals surface area contributed by atoms with E-state index in [2.05, 4.69) is 0 Å². The first-order chi connectivity index (χ1) is 13.9. The van der Waals surface area contributed by atoms with E-state index in [1.54, 1.807) is 18.1 Å². The summed E-state index contributed by atoms with van der Waals surface area (Å²) in [6.07, 6.45) is 0. The summed E-state index contributed by atoms with van der Waals surface area (Å²) < 4.78 is 16.2. The molecule has 29 heavy (non-hydrogen) atoms. The highest BCUT2D eigenvalue weighted by atomic mass is 16.5. The summed E-state index contributed by atoms with van der Waals surface area (Å²) in [6, 6.07) is 11.1. The van der Waals surface area contributed by atoms with E-state index in [1.165, 1.54) is 0 Å². The molecule has 0 unspecified atom stereocenters. The SMILES string of the molecule is CCOc1ccc(CN(CC)C(=O)COC(=O)c2cc(C)ccc2C)cc1OC. The molecule has 0 aliphatic rings. The van der Waals surface area contributed by atoms with Gasteiger partial charge in [0.1, 0.15) is 0 Å². The van der Waals surface area contributed by atoms with Crippen LogP contribution in [-0.2, 0) is 16.1 Å². The lowest BCUT2D eigenvalue weighted by atomic mass is 10.1. The number of amides is 1. The van der Waals surface area contributed by atoms with Gasteiger partial charge in [0.05, 0.1) is 19.3 Å². The van der Waals surface area contributed by atoms with E-state index < -0.39 is 5.97 Å². The summed E-state index contributed by atoms with van der Waals surface area (Å²) in [5.41, 5.74) is 3.17. The van der Waals surface area contributed by atoms with E-state index in [1.807, 2.05) is 58.0 Å². The molecular weight excluding hydrogens is 370 g/mol. The van der Waals surface area contributed by atoms with Crippen LogP contribution < -0.4 is 9.47 Å². The number of rotatable bonds is 9. The normalized spacial score (nSPS) is 10.4. The Labute approximate surface area is 172 Å². The van der Waals surface area contributed by atoms with Crippen molar-refractivity contribution in [2.24, 2.45) is 0 Å². The van der Waals surface area contributed by atoms with Crippen LogP contribution in [0.1, 0.15) is 40.9 Å². The van der Waals surface area contributed by atoms with Crippen LogP contribution in [0.2, 0.25) is 0 Å². The first-order valence-corrected chi connectivity index (χ1v) is 9.71. The van der Waals surface area contributed by atoms with E-state index in [-0.39, 0.29) is 12.5 Å². The van der Waals surface area contributed by atoms with Crippen molar-refractivity contribution >= 4 is 11.9 Å². The van der Waals surface area contributed by atoms with Crippen molar-refractivity contribution in [2.45, 2.75) is 34.2 Å². The molecule has 0 spiro atoms. The molecule has 0 aromatic heterocycles. The molecule has 0 fully saturated rings. The van der Waals surface area contributed by atoms with Gasteiger partial charge in [0.15, 0.2) is 18.1 Å². The van der Waals surface area contributed by atoms with E-state index in [4.69, 9.17) is 14.2 Å². The highest BCUT2D eigenvalue weighted by molar-refractivity contribution is 5.92. The third kappa shape index (κ3) is 5.98. The quantitative estimate of drug-likeness (QED) is 0.598. The fraction of sp³-hybridized carbons (Fsp3) is 0.391. The molecule has 0 N–H and O–H groups in total. The number of ether oxygens (including phenoxy) is 3. The van der Waals surface area contributed by atoms with Gasteiger partial charge in [-0.1, -0.05) is 23.8 Å². The maximum absolute atomic E-state index is 12.6. The molecule has 0 saturated heterocycles. The summed E-state index contributed by atoms with van der Waals surface area (Å²) in [6.45, 7) is 8.67. The van der Waals surface area contributed by atoms with Crippen LogP contribution in [0.15, 0.2) is 36.4 Å². The van der Waals surface area contributed by atoms with Crippen molar-refractivity contribution in [3.8, 4) is 11.5 Å². The van der Waals surface area contributed by atoms with Crippen LogP contribution in [0.25, 0.3) is 0 Å². The van der Waals surface area contributed by atoms with E-state index >= 15 is 0 Å². The maximum atomic E-state index is 12.6. The second kappa shape index (κ2) is 10.5. The Kier molecular flexibility index (Phi) is 8.07. The Morgan fingerprint density at radius 3 is 2.41 bits per heavy atom. The molecule has 156 valence electrons. The zero-order valence-corrected chi connectivity index (χ0v) is 17.8. The smallest absolute Gasteiger partial charge is 0.338 e. The molecule has 0 aliphatic heterocycles. The predicted molar refractivity (Wildman–Crippen MR) is 111 cm³/mol. The van der Waals surface area contributed by atoms with E-state index in [9.17, 15) is 9.59 Å². The number of carbonyl (C=O) groups excluding carboxylic acids is 2. The molecule has 0 saturated carbocycles. The standard InChI is InChI=1S/C23H29NO5/c1-6-24(14-18-10-11-20(28-7-2)21(13-18)27-5)22(25)15-29-23(26)19-12-16(3)8-9-17(19)4/h8-13H,6-7,14-15H2,1-5H3. The highest BCUT2D eigenvalue weighted by Crippen LogP contribution is 2.28. The lowest BCUT2D eigenvalue weighted by molar-refractivity contribution is -0.134. The first kappa shape index (κ1) is 22.3. The average molecular weight is 399 g/mol. The predicted octanol–water partition coefficient (Wildman–Crippen LogP) is 3.92. The molecule has 2 rings (SSSR count). The van der Waals surface area contributed by atoms with Crippen LogP contribution >= 0.6 is 0 Å². The minimum Gasteiger partial charge on any atom is -0.493 e. The minimum atomic E-state index is -0.488. The summed E-state index contributed by atoms with van der Waals surface area (Å²) >= 11 is 0. The van der Waals surface area contributed by atoms with E-state index in [0.717, 1.165) is 16.7 Å². The number of esters is 1. The third-order valence-corrected chi connectivity index (χ3v) is 4.58. The van der Waals surface area contributed by atoms with Crippen molar-refractivity contribution in [2.75, 3.05) is 26.9 Å². The highest BCUT2D eigenvalue weighted by Gasteiger charge is 2.18. The zero-order chi connectivity index (χ0) is 21.4. The average Bonchev–Trinajstić information content (AvgIpc) is 2.72. The fourth-order valence-corrected chi connectivity index (χ4v) is 2.93. The number of aryl methyl sites for hydroxylation is 2. The number of hydrogen-bond acceptors (Lipinski definition) is 5. The molecule has 0 heterocycles. The van der Waals surface area contributed by atoms with Crippen molar-refractivity contribution < 1.29 is 23.8 Å². The molecule has 1 amide bonds. The number of hydrogen-bond donors (Lipinski definition) is 0. The van der Waals surface area contributed by atoms with Gasteiger partial charge in [0.25, 0.3) is 5.91 Å². The Morgan fingerprint density at radius 2 is 1.76 bits per heavy atom. The number of carbonyl (C=O) groups is 2. The summed E-state index contributed by atoms with van der Waals surface area (Å²) in [5, 5.41) is 0. The summed E-state index contributed by atoms with van der Waals surface area (Å²) in [7, 11) is 1.58. The monoisotopic (exact) mass is 399 g/mol. The van der Waals surface area contributed by atoms with Crippen LogP contribution in [-0.4, -0.2) is 43.6 Å². The minimum absolute atomic E-state index is 0.251. The molecule has 0 radical (unpaired) electrons. The molecule has 0 atom stereocenters. The van der Waals surface area contributed by atoms with Gasteiger partial charge in [0.2, 0.25) is 0 Å². The van der Waals surface area contributed by atoms with Crippen LogP contribution in [0.5, 0.6) is 11.5 Å². The van der Waals surface area contributed by atoms with E-state index in [0.29, 0.717) is 36.8 Å². The van der Waals surface area contributed by atoms with Gasteiger partial charge in [-0.25, -0.2) is 4.79 Å². The molecule has 2 aromatic carbocycles. The van der Waals surface area contributed by atoms with Gasteiger partial charge in [-0.15, -0.1) is 0 Å². The Balaban J connectivity index is 2.01. The molecule has 6 heteroatoms. The Hall–Kier alpha value is -3.02. The van der Waals surface area contributed by atoms with Gasteiger partial charge in [-0.3, -0.25) is 4.79 Å². The molecule has 0 bridgehead atoms. The van der Waals surface area contributed by atoms with Gasteiger partial charge in [-0.2, -0.15) is 0 Å². The summed E-state index contributed by atoms with van der Waals surface area (Å²) in [5.74, 6) is 0.544. The second-order valence-corrected chi connectivity index (χ2v) is 6.72. The van der Waals surface area contributed by atoms with Crippen LogP contribution in [0.3, 0.4) is 0 Å². The molecule has 0 aliphatic carbocycles. The number of methoxy groups -OCH3 is 1. The van der Waals surface area contributed by atoms with Crippen molar-refractivity contribution in [1.29, 1.82) is 0 Å². The van der Waals surface area contributed by atoms with Crippen molar-refractivity contribution in [1.82, 2.24) is 4.90 Å². The van der Waals surface area contributed by atoms with Gasteiger partial charge >= 0.3 is 5.97 Å².